The molecule has 1 unspecified atom stereocenters. The van der Waals surface area contributed by atoms with Crippen molar-refractivity contribution in [3.63, 3.8) is 0 Å². The van der Waals surface area contributed by atoms with Gasteiger partial charge in [-0.25, -0.2) is 4.79 Å². The first-order valence-corrected chi connectivity index (χ1v) is 7.24. The first-order valence-electron chi connectivity index (χ1n) is 7.24. The van der Waals surface area contributed by atoms with Gasteiger partial charge in [0.1, 0.15) is 5.60 Å². The molecule has 0 radical (unpaired) electrons. The second-order valence-corrected chi connectivity index (χ2v) is 6.89. The first kappa shape index (κ1) is 16.8. The summed E-state index contributed by atoms with van der Waals surface area (Å²) in [6.45, 7) is 12.0. The number of amides is 1. The molecule has 0 saturated carbocycles. The normalized spacial score (nSPS) is 22.3. The summed E-state index contributed by atoms with van der Waals surface area (Å²) in [5, 5.41) is 0. The molecule has 5 nitrogen and oxygen atoms in total. The number of carbonyl (C=O) groups is 2. The van der Waals surface area contributed by atoms with Crippen LogP contribution in [0.3, 0.4) is 0 Å². The van der Waals surface area contributed by atoms with Crippen molar-refractivity contribution >= 4 is 12.1 Å². The largest absolute Gasteiger partial charge is 0.466 e. The van der Waals surface area contributed by atoms with E-state index in [0.29, 0.717) is 13.2 Å². The number of likely N-dealkylation sites (tertiary alicyclic amines) is 1. The Labute approximate surface area is 121 Å². The molecule has 0 aromatic heterocycles. The van der Waals surface area contributed by atoms with Crippen LogP contribution in [0.4, 0.5) is 4.79 Å². The highest BCUT2D eigenvalue weighted by Gasteiger charge is 2.41. The van der Waals surface area contributed by atoms with Crippen LogP contribution in [0.5, 0.6) is 0 Å². The van der Waals surface area contributed by atoms with Gasteiger partial charge >= 0.3 is 12.1 Å². The zero-order valence-electron chi connectivity index (χ0n) is 13.5. The van der Waals surface area contributed by atoms with Gasteiger partial charge in [-0.05, 0) is 54.4 Å². The van der Waals surface area contributed by atoms with Crippen LogP contribution in [0.1, 0.15) is 54.4 Å². The third kappa shape index (κ3) is 4.39. The number of esters is 1. The molecule has 1 fully saturated rings. The minimum Gasteiger partial charge on any atom is -0.466 e. The van der Waals surface area contributed by atoms with Crippen LogP contribution in [0.15, 0.2) is 0 Å². The fourth-order valence-corrected chi connectivity index (χ4v) is 2.31. The van der Waals surface area contributed by atoms with E-state index in [4.69, 9.17) is 9.47 Å². The van der Waals surface area contributed by atoms with E-state index >= 15 is 0 Å². The minimum absolute atomic E-state index is 0.225. The Morgan fingerprint density at radius 2 is 1.90 bits per heavy atom. The van der Waals surface area contributed by atoms with Gasteiger partial charge < -0.3 is 14.4 Å². The zero-order valence-corrected chi connectivity index (χ0v) is 13.5. The van der Waals surface area contributed by atoms with Crippen LogP contribution in [0, 0.1) is 5.92 Å². The molecule has 5 heteroatoms. The van der Waals surface area contributed by atoms with Crippen molar-refractivity contribution in [2.24, 2.45) is 5.92 Å². The summed E-state index contributed by atoms with van der Waals surface area (Å²) in [6, 6.07) is 0. The summed E-state index contributed by atoms with van der Waals surface area (Å²) in [5.41, 5.74) is -0.838. The summed E-state index contributed by atoms with van der Waals surface area (Å²) in [6.07, 6.45) is 1.14. The van der Waals surface area contributed by atoms with Crippen LogP contribution in [0.2, 0.25) is 0 Å². The molecule has 1 aliphatic rings. The lowest BCUT2D eigenvalue weighted by Gasteiger charge is -2.44. The van der Waals surface area contributed by atoms with Crippen LogP contribution in [0.25, 0.3) is 0 Å². The van der Waals surface area contributed by atoms with E-state index < -0.39 is 5.60 Å². The van der Waals surface area contributed by atoms with Gasteiger partial charge in [-0.3, -0.25) is 4.79 Å². The van der Waals surface area contributed by atoms with Crippen LogP contribution in [-0.4, -0.2) is 41.3 Å². The summed E-state index contributed by atoms with van der Waals surface area (Å²) < 4.78 is 10.5. The van der Waals surface area contributed by atoms with Crippen LogP contribution in [-0.2, 0) is 14.3 Å². The number of rotatable bonds is 2. The molecule has 0 aliphatic carbocycles. The number of nitrogens with zero attached hydrogens (tertiary/aromatic N) is 1. The lowest BCUT2D eigenvalue weighted by Crippen LogP contribution is -2.55. The predicted octanol–water partition coefficient (Wildman–Crippen LogP) is 2.98. The quantitative estimate of drug-likeness (QED) is 0.732. The van der Waals surface area contributed by atoms with E-state index in [1.807, 2.05) is 34.6 Å². The van der Waals surface area contributed by atoms with Crippen molar-refractivity contribution in [3.05, 3.63) is 0 Å². The predicted molar refractivity (Wildman–Crippen MR) is 76.4 cm³/mol. The Bertz CT molecular complexity index is 371. The van der Waals surface area contributed by atoms with Crippen molar-refractivity contribution in [1.29, 1.82) is 0 Å². The van der Waals surface area contributed by atoms with Crippen molar-refractivity contribution in [2.45, 2.75) is 65.5 Å². The smallest absolute Gasteiger partial charge is 0.410 e. The molecule has 0 N–H and O–H groups in total. The minimum atomic E-state index is -0.538. The Morgan fingerprint density at radius 3 is 2.40 bits per heavy atom. The number of hydrogen-bond donors (Lipinski definition) is 0. The molecule has 1 atom stereocenters. The van der Waals surface area contributed by atoms with E-state index in [-0.39, 0.29) is 23.5 Å². The van der Waals surface area contributed by atoms with Crippen LogP contribution >= 0.6 is 0 Å². The van der Waals surface area contributed by atoms with E-state index in [1.165, 1.54) is 0 Å². The Morgan fingerprint density at radius 1 is 1.30 bits per heavy atom. The van der Waals surface area contributed by atoms with Crippen molar-refractivity contribution in [1.82, 2.24) is 4.90 Å². The molecule has 116 valence electrons. The Hall–Kier alpha value is -1.26. The maximum atomic E-state index is 12.3. The molecule has 0 bridgehead atoms. The number of hydrogen-bond acceptors (Lipinski definition) is 4. The Balaban J connectivity index is 2.79. The van der Waals surface area contributed by atoms with Crippen molar-refractivity contribution < 1.29 is 19.1 Å². The molecule has 1 rings (SSSR count). The van der Waals surface area contributed by atoms with Crippen LogP contribution < -0.4 is 0 Å². The average molecular weight is 285 g/mol. The van der Waals surface area contributed by atoms with Crippen molar-refractivity contribution in [3.8, 4) is 0 Å². The second-order valence-electron chi connectivity index (χ2n) is 6.89. The lowest BCUT2D eigenvalue weighted by atomic mass is 9.85. The van der Waals surface area contributed by atoms with Gasteiger partial charge in [-0.1, -0.05) is 0 Å². The third-order valence-electron chi connectivity index (χ3n) is 3.47. The zero-order chi connectivity index (χ0) is 15.6. The lowest BCUT2D eigenvalue weighted by molar-refractivity contribution is -0.151. The van der Waals surface area contributed by atoms with Gasteiger partial charge in [0.05, 0.1) is 12.5 Å². The first-order chi connectivity index (χ1) is 9.07. The maximum Gasteiger partial charge on any atom is 0.410 e. The van der Waals surface area contributed by atoms with E-state index in [2.05, 4.69) is 0 Å². The molecule has 1 saturated heterocycles. The van der Waals surface area contributed by atoms with Gasteiger partial charge in [0, 0.05) is 12.1 Å². The standard InChI is InChI=1S/C15H27NO4/c1-7-19-12(17)11-8-9-15(5,6)16(10-11)13(18)20-14(2,3)4/h11H,7-10H2,1-6H3. The van der Waals surface area contributed by atoms with Crippen molar-refractivity contribution in [2.75, 3.05) is 13.2 Å². The summed E-state index contributed by atoms with van der Waals surface area (Å²) in [5.74, 6) is -0.480. The van der Waals surface area contributed by atoms with E-state index in [0.717, 1.165) is 12.8 Å². The fraction of sp³-hybridized carbons (Fsp3) is 0.867. The fourth-order valence-electron chi connectivity index (χ4n) is 2.31. The SMILES string of the molecule is CCOC(=O)C1CCC(C)(C)N(C(=O)OC(C)(C)C)C1. The number of ether oxygens (including phenoxy) is 2. The topological polar surface area (TPSA) is 55.8 Å². The Kier molecular flexibility index (Phi) is 5.05. The molecule has 1 aliphatic heterocycles. The highest BCUT2D eigenvalue weighted by atomic mass is 16.6. The van der Waals surface area contributed by atoms with Gasteiger partial charge in [0.25, 0.3) is 0 Å². The van der Waals surface area contributed by atoms with Gasteiger partial charge in [-0.2, -0.15) is 0 Å². The maximum absolute atomic E-state index is 12.3. The summed E-state index contributed by atoms with van der Waals surface area (Å²) in [7, 11) is 0. The molecule has 0 spiro atoms. The van der Waals surface area contributed by atoms with Gasteiger partial charge in [0.2, 0.25) is 0 Å². The monoisotopic (exact) mass is 285 g/mol. The second kappa shape index (κ2) is 6.02. The number of carbonyl (C=O) groups excluding carboxylic acids is 2. The average Bonchev–Trinajstić information content (AvgIpc) is 2.26. The molecule has 0 aromatic carbocycles. The molecular weight excluding hydrogens is 258 g/mol. The molecule has 0 aromatic rings. The molecule has 20 heavy (non-hydrogen) atoms. The third-order valence-corrected chi connectivity index (χ3v) is 3.47. The molecular formula is C15H27NO4. The summed E-state index contributed by atoms with van der Waals surface area (Å²) >= 11 is 0. The van der Waals surface area contributed by atoms with E-state index in [1.54, 1.807) is 11.8 Å². The number of piperidine rings is 1. The van der Waals surface area contributed by atoms with E-state index in [9.17, 15) is 9.59 Å². The molecule has 1 amide bonds. The summed E-state index contributed by atoms with van der Waals surface area (Å²) in [4.78, 5) is 25.8. The molecule has 1 heterocycles. The highest BCUT2D eigenvalue weighted by molar-refractivity contribution is 5.75. The van der Waals surface area contributed by atoms with Gasteiger partial charge in [-0.15, -0.1) is 0 Å². The highest BCUT2D eigenvalue weighted by Crippen LogP contribution is 2.32. The van der Waals surface area contributed by atoms with Gasteiger partial charge in [0.15, 0.2) is 0 Å².